The summed E-state index contributed by atoms with van der Waals surface area (Å²) in [6, 6.07) is 0. The van der Waals surface area contributed by atoms with Crippen LogP contribution in [0, 0.1) is 11.8 Å². The van der Waals surface area contributed by atoms with Crippen molar-refractivity contribution in [3.63, 3.8) is 0 Å². The van der Waals surface area contributed by atoms with Crippen LogP contribution in [0.25, 0.3) is 0 Å². The normalized spacial score (nSPS) is 21.8. The first kappa shape index (κ1) is 13.9. The van der Waals surface area contributed by atoms with Gasteiger partial charge in [-0.05, 0) is 19.8 Å². The Kier molecular flexibility index (Phi) is 4.86. The minimum atomic E-state index is -0.471. The molecule has 1 aliphatic rings. The summed E-state index contributed by atoms with van der Waals surface area (Å²) in [5.74, 6) is -1.06. The second kappa shape index (κ2) is 5.95. The Morgan fingerprint density at radius 2 is 2.18 bits per heavy atom. The Balaban J connectivity index is 2.63. The van der Waals surface area contributed by atoms with E-state index in [2.05, 4.69) is 0 Å². The van der Waals surface area contributed by atoms with Crippen LogP contribution in [-0.4, -0.2) is 42.0 Å². The zero-order chi connectivity index (χ0) is 13.0. The van der Waals surface area contributed by atoms with Gasteiger partial charge in [0, 0.05) is 13.1 Å². The Morgan fingerprint density at radius 1 is 1.53 bits per heavy atom. The average Bonchev–Trinajstić information content (AvgIpc) is 2.36. The van der Waals surface area contributed by atoms with Crippen LogP contribution in [0.1, 0.15) is 19.8 Å². The first-order chi connectivity index (χ1) is 7.97. The van der Waals surface area contributed by atoms with Crippen LogP contribution < -0.4 is 5.73 Å². The van der Waals surface area contributed by atoms with Gasteiger partial charge in [0.15, 0.2) is 0 Å². The van der Waals surface area contributed by atoms with Crippen LogP contribution in [0.3, 0.4) is 0 Å². The highest BCUT2D eigenvalue weighted by Gasteiger charge is 2.31. The SMILES string of the molecule is COC(=O)C1CCCN(C(=O)C(C)C(N)=S)C1. The Labute approximate surface area is 106 Å². The van der Waals surface area contributed by atoms with Gasteiger partial charge in [-0.1, -0.05) is 12.2 Å². The number of piperidine rings is 1. The Bertz CT molecular complexity index is 333. The molecule has 1 aliphatic heterocycles. The van der Waals surface area contributed by atoms with Crippen molar-refractivity contribution in [2.24, 2.45) is 17.6 Å². The van der Waals surface area contributed by atoms with Crippen molar-refractivity contribution in [2.45, 2.75) is 19.8 Å². The van der Waals surface area contributed by atoms with Crippen molar-refractivity contribution in [2.75, 3.05) is 20.2 Å². The van der Waals surface area contributed by atoms with Crippen LogP contribution in [-0.2, 0) is 14.3 Å². The molecule has 0 saturated carbocycles. The highest BCUT2D eigenvalue weighted by atomic mass is 32.1. The molecule has 1 fully saturated rings. The summed E-state index contributed by atoms with van der Waals surface area (Å²) in [4.78, 5) is 25.3. The highest BCUT2D eigenvalue weighted by molar-refractivity contribution is 7.80. The third-order valence-electron chi connectivity index (χ3n) is 3.06. The molecule has 0 aliphatic carbocycles. The molecular weight excluding hydrogens is 240 g/mol. The molecule has 1 saturated heterocycles. The van der Waals surface area contributed by atoms with E-state index in [1.54, 1.807) is 11.8 Å². The molecule has 1 heterocycles. The van der Waals surface area contributed by atoms with Crippen molar-refractivity contribution in [3.05, 3.63) is 0 Å². The van der Waals surface area contributed by atoms with Gasteiger partial charge in [0.1, 0.15) is 0 Å². The summed E-state index contributed by atoms with van der Waals surface area (Å²) in [5.41, 5.74) is 5.46. The van der Waals surface area contributed by atoms with Crippen LogP contribution >= 0.6 is 12.2 Å². The van der Waals surface area contributed by atoms with E-state index >= 15 is 0 Å². The monoisotopic (exact) mass is 258 g/mol. The fourth-order valence-electron chi connectivity index (χ4n) is 1.93. The third kappa shape index (κ3) is 3.39. The molecule has 2 unspecified atom stereocenters. The standard InChI is InChI=1S/C11H18N2O3S/c1-7(9(12)17)10(14)13-5-3-4-8(6-13)11(15)16-2/h7-8H,3-6H2,1-2H3,(H2,12,17). The number of methoxy groups -OCH3 is 1. The quantitative estimate of drug-likeness (QED) is 0.583. The van der Waals surface area contributed by atoms with Gasteiger partial charge < -0.3 is 15.4 Å². The second-order valence-electron chi connectivity index (χ2n) is 4.27. The number of carbonyl (C=O) groups excluding carboxylic acids is 2. The van der Waals surface area contributed by atoms with Crippen molar-refractivity contribution in [3.8, 4) is 0 Å². The first-order valence-corrected chi connectivity index (χ1v) is 6.04. The predicted octanol–water partition coefficient (Wildman–Crippen LogP) is 0.320. The second-order valence-corrected chi connectivity index (χ2v) is 4.74. The minimum absolute atomic E-state index is 0.105. The van der Waals surface area contributed by atoms with Gasteiger partial charge in [0.2, 0.25) is 5.91 Å². The van der Waals surface area contributed by atoms with E-state index in [-0.39, 0.29) is 22.8 Å². The molecule has 0 spiro atoms. The molecule has 2 N–H and O–H groups in total. The van der Waals surface area contributed by atoms with Gasteiger partial charge in [0.05, 0.1) is 23.9 Å². The number of esters is 1. The van der Waals surface area contributed by atoms with E-state index in [1.807, 2.05) is 0 Å². The summed E-state index contributed by atoms with van der Waals surface area (Å²) in [5, 5.41) is 0. The molecule has 0 bridgehead atoms. The lowest BCUT2D eigenvalue weighted by atomic mass is 9.97. The van der Waals surface area contributed by atoms with E-state index < -0.39 is 5.92 Å². The fraction of sp³-hybridized carbons (Fsp3) is 0.727. The molecule has 96 valence electrons. The van der Waals surface area contributed by atoms with E-state index in [1.165, 1.54) is 7.11 Å². The lowest BCUT2D eigenvalue weighted by Crippen LogP contribution is -2.46. The number of amides is 1. The van der Waals surface area contributed by atoms with E-state index in [9.17, 15) is 9.59 Å². The molecule has 1 amide bonds. The van der Waals surface area contributed by atoms with Gasteiger partial charge in [0.25, 0.3) is 0 Å². The number of nitrogens with two attached hydrogens (primary N) is 1. The molecule has 0 radical (unpaired) electrons. The summed E-state index contributed by atoms with van der Waals surface area (Å²) in [6.45, 7) is 2.74. The average molecular weight is 258 g/mol. The number of hydrogen-bond donors (Lipinski definition) is 1. The van der Waals surface area contributed by atoms with Crippen molar-refractivity contribution in [1.29, 1.82) is 0 Å². The Morgan fingerprint density at radius 3 is 2.71 bits per heavy atom. The Hall–Kier alpha value is -1.17. The largest absolute Gasteiger partial charge is 0.469 e. The molecule has 1 rings (SSSR count). The summed E-state index contributed by atoms with van der Waals surface area (Å²) in [7, 11) is 1.36. The molecule has 5 nitrogen and oxygen atoms in total. The van der Waals surface area contributed by atoms with E-state index in [4.69, 9.17) is 22.7 Å². The van der Waals surface area contributed by atoms with Gasteiger partial charge in [-0.3, -0.25) is 9.59 Å². The molecule has 17 heavy (non-hydrogen) atoms. The minimum Gasteiger partial charge on any atom is -0.469 e. The topological polar surface area (TPSA) is 72.6 Å². The number of nitrogens with zero attached hydrogens (tertiary/aromatic N) is 1. The predicted molar refractivity (Wildman–Crippen MR) is 67.3 cm³/mol. The number of rotatable bonds is 3. The number of thiocarbonyl (C=S) groups is 1. The smallest absolute Gasteiger partial charge is 0.310 e. The zero-order valence-electron chi connectivity index (χ0n) is 10.1. The van der Waals surface area contributed by atoms with Crippen LogP contribution in [0.5, 0.6) is 0 Å². The number of ether oxygens (including phenoxy) is 1. The van der Waals surface area contributed by atoms with Crippen LogP contribution in [0.2, 0.25) is 0 Å². The molecular formula is C11H18N2O3S. The fourth-order valence-corrected chi connectivity index (χ4v) is 2.03. The van der Waals surface area contributed by atoms with Crippen LogP contribution in [0.15, 0.2) is 0 Å². The third-order valence-corrected chi connectivity index (χ3v) is 3.42. The summed E-state index contributed by atoms with van der Waals surface area (Å²) in [6.07, 6.45) is 1.56. The maximum absolute atomic E-state index is 12.0. The van der Waals surface area contributed by atoms with Gasteiger partial charge >= 0.3 is 5.97 Å². The van der Waals surface area contributed by atoms with Gasteiger partial charge in [-0.25, -0.2) is 0 Å². The summed E-state index contributed by atoms with van der Waals surface area (Å²) >= 11 is 4.81. The lowest BCUT2D eigenvalue weighted by Gasteiger charge is -2.32. The number of likely N-dealkylation sites (tertiary alicyclic amines) is 1. The molecule has 6 heteroatoms. The van der Waals surface area contributed by atoms with Crippen molar-refractivity contribution < 1.29 is 14.3 Å². The maximum Gasteiger partial charge on any atom is 0.310 e. The van der Waals surface area contributed by atoms with Crippen LogP contribution in [0.4, 0.5) is 0 Å². The molecule has 0 aromatic heterocycles. The number of hydrogen-bond acceptors (Lipinski definition) is 4. The maximum atomic E-state index is 12.0. The zero-order valence-corrected chi connectivity index (χ0v) is 11.0. The number of carbonyl (C=O) groups is 2. The van der Waals surface area contributed by atoms with E-state index in [0.29, 0.717) is 13.1 Å². The van der Waals surface area contributed by atoms with Gasteiger partial charge in [-0.15, -0.1) is 0 Å². The summed E-state index contributed by atoms with van der Waals surface area (Å²) < 4.78 is 4.70. The molecule has 0 aromatic carbocycles. The molecule has 0 aromatic rings. The molecule has 2 atom stereocenters. The van der Waals surface area contributed by atoms with E-state index in [0.717, 1.165) is 12.8 Å². The highest BCUT2D eigenvalue weighted by Crippen LogP contribution is 2.19. The lowest BCUT2D eigenvalue weighted by molar-refractivity contribution is -0.149. The van der Waals surface area contributed by atoms with Crippen molar-refractivity contribution >= 4 is 29.1 Å². The first-order valence-electron chi connectivity index (χ1n) is 5.63. The van der Waals surface area contributed by atoms with Gasteiger partial charge in [-0.2, -0.15) is 0 Å². The van der Waals surface area contributed by atoms with Crippen molar-refractivity contribution in [1.82, 2.24) is 4.90 Å².